The predicted molar refractivity (Wildman–Crippen MR) is 109 cm³/mol. The number of allylic oxidation sites excluding steroid dienone is 1. The first-order chi connectivity index (χ1) is 12.7. The Bertz CT molecular complexity index is 837. The number of amides is 1. The van der Waals surface area contributed by atoms with Crippen LogP contribution in [0.25, 0.3) is 10.2 Å². The molecule has 140 valence electrons. The van der Waals surface area contributed by atoms with Crippen LogP contribution in [0, 0.1) is 0 Å². The second kappa shape index (κ2) is 8.86. The average Bonchev–Trinajstić information content (AvgIpc) is 3.13. The largest absolute Gasteiger partial charge is 0.339 e. The highest BCUT2D eigenvalue weighted by atomic mass is 32.2. The molecule has 0 spiro atoms. The lowest BCUT2D eigenvalue weighted by molar-refractivity contribution is -0.131. The van der Waals surface area contributed by atoms with E-state index in [4.69, 9.17) is 0 Å². The maximum atomic E-state index is 12.8. The number of aromatic nitrogens is 2. The molecule has 1 aliphatic rings. The molecule has 5 nitrogen and oxygen atoms in total. The van der Waals surface area contributed by atoms with Gasteiger partial charge in [-0.3, -0.25) is 14.2 Å². The molecule has 0 N–H and O–H groups in total. The first kappa shape index (κ1) is 19.2. The van der Waals surface area contributed by atoms with Gasteiger partial charge in [0, 0.05) is 19.1 Å². The molecular weight excluding hydrogens is 366 g/mol. The molecule has 2 heterocycles. The smallest absolute Gasteiger partial charge is 0.263 e. The van der Waals surface area contributed by atoms with Crippen LogP contribution < -0.4 is 5.56 Å². The van der Waals surface area contributed by atoms with Crippen LogP contribution in [0.4, 0.5) is 0 Å². The lowest BCUT2D eigenvalue weighted by atomic mass is 9.94. The van der Waals surface area contributed by atoms with Crippen molar-refractivity contribution >= 4 is 39.2 Å². The Morgan fingerprint density at radius 1 is 1.46 bits per heavy atom. The van der Waals surface area contributed by atoms with Crippen molar-refractivity contribution in [2.24, 2.45) is 0 Å². The highest BCUT2D eigenvalue weighted by Gasteiger charge is 2.24. The topological polar surface area (TPSA) is 55.2 Å². The van der Waals surface area contributed by atoms with Crippen molar-refractivity contribution in [1.82, 2.24) is 14.5 Å². The maximum absolute atomic E-state index is 12.8. The van der Waals surface area contributed by atoms with Gasteiger partial charge in [-0.2, -0.15) is 0 Å². The highest BCUT2D eigenvalue weighted by molar-refractivity contribution is 7.99. The average molecular weight is 392 g/mol. The summed E-state index contributed by atoms with van der Waals surface area (Å²) in [6, 6.07) is 2.17. The van der Waals surface area contributed by atoms with Crippen LogP contribution in [0.3, 0.4) is 0 Å². The number of carbonyl (C=O) groups is 1. The molecule has 0 aromatic carbocycles. The molecule has 1 aliphatic carbocycles. The van der Waals surface area contributed by atoms with Gasteiger partial charge in [0.25, 0.3) is 5.56 Å². The van der Waals surface area contributed by atoms with Crippen LogP contribution in [0.1, 0.15) is 39.0 Å². The van der Waals surface area contributed by atoms with Crippen LogP contribution in [0.5, 0.6) is 0 Å². The zero-order chi connectivity index (χ0) is 18.5. The van der Waals surface area contributed by atoms with E-state index in [2.05, 4.69) is 11.6 Å². The van der Waals surface area contributed by atoms with Gasteiger partial charge >= 0.3 is 0 Å². The molecule has 0 bridgehead atoms. The molecule has 3 rings (SSSR count). The van der Waals surface area contributed by atoms with Gasteiger partial charge in [0.2, 0.25) is 5.91 Å². The Morgan fingerprint density at radius 3 is 2.92 bits per heavy atom. The van der Waals surface area contributed by atoms with Crippen LogP contribution in [0.2, 0.25) is 0 Å². The fourth-order valence-corrected chi connectivity index (χ4v) is 5.27. The number of thiophene rings is 1. The summed E-state index contributed by atoms with van der Waals surface area (Å²) in [5.74, 6) is 0.445. The number of thioether (sulfide) groups is 1. The molecule has 0 saturated heterocycles. The second-order valence-electron chi connectivity index (χ2n) is 6.50. The lowest BCUT2D eigenvalue weighted by Crippen LogP contribution is -2.42. The quantitative estimate of drug-likeness (QED) is 0.408. The normalized spacial score (nSPS) is 15.3. The number of fused-ring (bicyclic) bond motifs is 1. The standard InChI is InChI=1S/C19H25N3O2S2/c1-3-11-22-18(24)15-10-12-25-17(15)20-19(22)26-13-16(23)21(4-2)14-8-6-5-7-9-14/h3,10,12,14H,1,4-9,11,13H2,2H3. The number of hydrogen-bond donors (Lipinski definition) is 0. The molecule has 1 fully saturated rings. The lowest BCUT2D eigenvalue weighted by Gasteiger charge is -2.33. The minimum Gasteiger partial charge on any atom is -0.339 e. The van der Waals surface area contributed by atoms with E-state index in [0.29, 0.717) is 28.9 Å². The van der Waals surface area contributed by atoms with Crippen molar-refractivity contribution in [1.29, 1.82) is 0 Å². The number of rotatable bonds is 7. The van der Waals surface area contributed by atoms with Crippen molar-refractivity contribution < 1.29 is 4.79 Å². The summed E-state index contributed by atoms with van der Waals surface area (Å²) in [7, 11) is 0. The Balaban J connectivity index is 1.77. The zero-order valence-corrected chi connectivity index (χ0v) is 16.8. The first-order valence-corrected chi connectivity index (χ1v) is 11.0. The van der Waals surface area contributed by atoms with Gasteiger partial charge in [0.1, 0.15) is 4.83 Å². The molecule has 0 aliphatic heterocycles. The summed E-state index contributed by atoms with van der Waals surface area (Å²) in [6.45, 7) is 6.91. The summed E-state index contributed by atoms with van der Waals surface area (Å²) >= 11 is 2.81. The van der Waals surface area contributed by atoms with Gasteiger partial charge in [-0.05, 0) is 31.2 Å². The van der Waals surface area contributed by atoms with Crippen LogP contribution in [-0.4, -0.2) is 38.7 Å². The minimum absolute atomic E-state index is 0.0641. The molecule has 26 heavy (non-hydrogen) atoms. The molecule has 0 radical (unpaired) electrons. The van der Waals surface area contributed by atoms with E-state index in [1.165, 1.54) is 42.4 Å². The van der Waals surface area contributed by atoms with Crippen molar-refractivity contribution in [3.05, 3.63) is 34.5 Å². The third kappa shape index (κ3) is 4.04. The molecular formula is C19H25N3O2S2. The fourth-order valence-electron chi connectivity index (χ4n) is 3.57. The van der Waals surface area contributed by atoms with Gasteiger partial charge in [-0.25, -0.2) is 4.98 Å². The summed E-state index contributed by atoms with van der Waals surface area (Å²) in [5, 5.41) is 3.10. The Kier molecular flexibility index (Phi) is 6.53. The van der Waals surface area contributed by atoms with Crippen LogP contribution in [0.15, 0.2) is 34.1 Å². The van der Waals surface area contributed by atoms with E-state index in [1.807, 2.05) is 17.2 Å². The zero-order valence-electron chi connectivity index (χ0n) is 15.1. The van der Waals surface area contributed by atoms with Gasteiger partial charge in [0.15, 0.2) is 5.16 Å². The number of nitrogens with zero attached hydrogens (tertiary/aromatic N) is 3. The molecule has 0 unspecified atom stereocenters. The molecule has 1 amide bonds. The van der Waals surface area contributed by atoms with Crippen molar-refractivity contribution in [3.63, 3.8) is 0 Å². The van der Waals surface area contributed by atoms with Crippen LogP contribution in [-0.2, 0) is 11.3 Å². The first-order valence-electron chi connectivity index (χ1n) is 9.17. The minimum atomic E-state index is -0.0641. The Labute approximate surface area is 162 Å². The fraction of sp³-hybridized carbons (Fsp3) is 0.526. The predicted octanol–water partition coefficient (Wildman–Crippen LogP) is 3.92. The monoisotopic (exact) mass is 391 g/mol. The van der Waals surface area contributed by atoms with Crippen molar-refractivity contribution in [2.45, 2.75) is 56.8 Å². The van der Waals surface area contributed by atoms with E-state index in [-0.39, 0.29) is 11.5 Å². The van der Waals surface area contributed by atoms with Crippen molar-refractivity contribution in [2.75, 3.05) is 12.3 Å². The SMILES string of the molecule is C=CCn1c(SCC(=O)N(CC)C2CCCCC2)nc2sccc2c1=O. The van der Waals surface area contributed by atoms with Crippen molar-refractivity contribution in [3.8, 4) is 0 Å². The molecule has 2 aromatic heterocycles. The van der Waals surface area contributed by atoms with E-state index in [0.717, 1.165) is 24.2 Å². The second-order valence-corrected chi connectivity index (χ2v) is 8.34. The maximum Gasteiger partial charge on any atom is 0.263 e. The van der Waals surface area contributed by atoms with Gasteiger partial charge in [-0.15, -0.1) is 17.9 Å². The Morgan fingerprint density at radius 2 is 2.23 bits per heavy atom. The summed E-state index contributed by atoms with van der Waals surface area (Å²) in [5.41, 5.74) is -0.0641. The van der Waals surface area contributed by atoms with E-state index in [9.17, 15) is 9.59 Å². The summed E-state index contributed by atoms with van der Waals surface area (Å²) in [6.07, 6.45) is 7.58. The molecule has 7 heteroatoms. The molecule has 2 aromatic rings. The number of carbonyl (C=O) groups excluding carboxylic acids is 1. The number of hydrogen-bond acceptors (Lipinski definition) is 5. The van der Waals surface area contributed by atoms with E-state index in [1.54, 1.807) is 16.7 Å². The molecule has 0 atom stereocenters. The summed E-state index contributed by atoms with van der Waals surface area (Å²) in [4.78, 5) is 32.8. The molecule has 1 saturated carbocycles. The highest BCUT2D eigenvalue weighted by Crippen LogP contribution is 2.25. The van der Waals surface area contributed by atoms with Crippen LogP contribution >= 0.6 is 23.1 Å². The van der Waals surface area contributed by atoms with E-state index >= 15 is 0 Å². The van der Waals surface area contributed by atoms with Gasteiger partial charge < -0.3 is 4.90 Å². The third-order valence-corrected chi connectivity index (χ3v) is 6.63. The van der Waals surface area contributed by atoms with E-state index < -0.39 is 0 Å². The van der Waals surface area contributed by atoms with Gasteiger partial charge in [-0.1, -0.05) is 37.1 Å². The summed E-state index contributed by atoms with van der Waals surface area (Å²) < 4.78 is 1.61. The Hall–Kier alpha value is -1.60. The third-order valence-electron chi connectivity index (χ3n) is 4.86. The van der Waals surface area contributed by atoms with Gasteiger partial charge in [0.05, 0.1) is 11.1 Å².